The van der Waals surface area contributed by atoms with Gasteiger partial charge in [0, 0.05) is 38.8 Å². The highest BCUT2D eigenvalue weighted by atomic mass is 16.3. The molecule has 1 aromatic carbocycles. The average molecular weight is 275 g/mol. The molecule has 2 atom stereocenters. The van der Waals surface area contributed by atoms with Gasteiger partial charge in [-0.1, -0.05) is 30.3 Å². The zero-order valence-electron chi connectivity index (χ0n) is 12.0. The Morgan fingerprint density at radius 2 is 1.90 bits per heavy atom. The predicted molar refractivity (Wildman–Crippen MR) is 80.6 cm³/mol. The van der Waals surface area contributed by atoms with Crippen LogP contribution in [0.5, 0.6) is 0 Å². The molecule has 2 aliphatic heterocycles. The molecule has 1 aromatic rings. The lowest BCUT2D eigenvalue weighted by molar-refractivity contribution is 0.0850. The third-order valence-electron chi connectivity index (χ3n) is 4.49. The Kier molecular flexibility index (Phi) is 4.68. The van der Waals surface area contributed by atoms with Crippen LogP contribution in [0.15, 0.2) is 30.3 Å². The zero-order valence-corrected chi connectivity index (χ0v) is 12.0. The molecule has 4 nitrogen and oxygen atoms in total. The van der Waals surface area contributed by atoms with Crippen molar-refractivity contribution in [3.05, 3.63) is 35.9 Å². The molecule has 2 fully saturated rings. The normalized spacial score (nSPS) is 29.4. The summed E-state index contributed by atoms with van der Waals surface area (Å²) in [5, 5.41) is 13.3. The Hall–Kier alpha value is -0.940. The summed E-state index contributed by atoms with van der Waals surface area (Å²) < 4.78 is 0. The van der Waals surface area contributed by atoms with Gasteiger partial charge in [0.05, 0.1) is 6.10 Å². The Balaban J connectivity index is 1.54. The van der Waals surface area contributed by atoms with E-state index in [2.05, 4.69) is 45.4 Å². The summed E-state index contributed by atoms with van der Waals surface area (Å²) in [6.07, 6.45) is 0.992. The molecule has 2 saturated heterocycles. The highest BCUT2D eigenvalue weighted by Gasteiger charge is 2.31. The molecule has 0 amide bonds. The fourth-order valence-electron chi connectivity index (χ4n) is 3.35. The van der Waals surface area contributed by atoms with Crippen molar-refractivity contribution in [1.29, 1.82) is 0 Å². The number of aliphatic hydroxyl groups excluding tert-OH is 1. The minimum absolute atomic E-state index is 0.198. The minimum atomic E-state index is -0.198. The fourth-order valence-corrected chi connectivity index (χ4v) is 3.35. The summed E-state index contributed by atoms with van der Waals surface area (Å²) >= 11 is 0. The monoisotopic (exact) mass is 275 g/mol. The summed E-state index contributed by atoms with van der Waals surface area (Å²) in [7, 11) is 0. The SMILES string of the molecule is OC1CNCC1N1CCCN(Cc2ccccc2)CC1. The van der Waals surface area contributed by atoms with E-state index < -0.39 is 0 Å². The molecule has 110 valence electrons. The number of β-amino-alcohol motifs (C(OH)–C–C–N with tert-alkyl or cyclic N) is 1. The van der Waals surface area contributed by atoms with E-state index in [-0.39, 0.29) is 6.10 Å². The highest BCUT2D eigenvalue weighted by molar-refractivity contribution is 5.14. The Morgan fingerprint density at radius 3 is 2.65 bits per heavy atom. The standard InChI is InChI=1S/C16H25N3O/c20-16-12-17-11-15(16)19-8-4-7-18(9-10-19)13-14-5-2-1-3-6-14/h1-3,5-6,15-17,20H,4,7-13H2. The number of hydrogen-bond donors (Lipinski definition) is 2. The van der Waals surface area contributed by atoms with Crippen LogP contribution in [0, 0.1) is 0 Å². The van der Waals surface area contributed by atoms with Crippen molar-refractivity contribution in [1.82, 2.24) is 15.1 Å². The zero-order chi connectivity index (χ0) is 13.8. The van der Waals surface area contributed by atoms with Crippen molar-refractivity contribution in [3.8, 4) is 0 Å². The maximum absolute atomic E-state index is 10.0. The van der Waals surface area contributed by atoms with E-state index in [4.69, 9.17) is 0 Å². The van der Waals surface area contributed by atoms with Crippen molar-refractivity contribution in [2.24, 2.45) is 0 Å². The first-order valence-electron chi connectivity index (χ1n) is 7.72. The first-order valence-corrected chi connectivity index (χ1v) is 7.72. The van der Waals surface area contributed by atoms with Crippen LogP contribution in [-0.4, -0.2) is 66.3 Å². The second-order valence-corrected chi connectivity index (χ2v) is 5.94. The van der Waals surface area contributed by atoms with Crippen LogP contribution in [0.1, 0.15) is 12.0 Å². The van der Waals surface area contributed by atoms with Gasteiger partial charge in [-0.2, -0.15) is 0 Å². The largest absolute Gasteiger partial charge is 0.390 e. The van der Waals surface area contributed by atoms with Crippen LogP contribution in [-0.2, 0) is 6.54 Å². The first kappa shape index (κ1) is 14.0. The van der Waals surface area contributed by atoms with Crippen LogP contribution in [0.25, 0.3) is 0 Å². The number of rotatable bonds is 3. The molecule has 2 aliphatic rings. The summed E-state index contributed by atoms with van der Waals surface area (Å²) in [4.78, 5) is 5.00. The summed E-state index contributed by atoms with van der Waals surface area (Å²) in [5.41, 5.74) is 1.39. The summed E-state index contributed by atoms with van der Waals surface area (Å²) in [6.45, 7) is 7.14. The van der Waals surface area contributed by atoms with Crippen LogP contribution in [0.2, 0.25) is 0 Å². The van der Waals surface area contributed by atoms with Gasteiger partial charge in [0.15, 0.2) is 0 Å². The maximum Gasteiger partial charge on any atom is 0.0831 e. The number of nitrogens with zero attached hydrogens (tertiary/aromatic N) is 2. The van der Waals surface area contributed by atoms with Gasteiger partial charge in [-0.05, 0) is 25.1 Å². The van der Waals surface area contributed by atoms with Gasteiger partial charge in [0.25, 0.3) is 0 Å². The molecule has 2 unspecified atom stereocenters. The van der Waals surface area contributed by atoms with Crippen LogP contribution in [0.4, 0.5) is 0 Å². The van der Waals surface area contributed by atoms with Crippen molar-refractivity contribution >= 4 is 0 Å². The molecule has 0 aliphatic carbocycles. The van der Waals surface area contributed by atoms with Gasteiger partial charge in [0.1, 0.15) is 0 Å². The van der Waals surface area contributed by atoms with E-state index in [1.807, 2.05) is 0 Å². The second-order valence-electron chi connectivity index (χ2n) is 5.94. The van der Waals surface area contributed by atoms with Crippen LogP contribution >= 0.6 is 0 Å². The first-order chi connectivity index (χ1) is 9.83. The molecule has 0 aromatic heterocycles. The summed E-state index contributed by atoms with van der Waals surface area (Å²) in [5.74, 6) is 0. The molecule has 0 bridgehead atoms. The fraction of sp³-hybridized carbons (Fsp3) is 0.625. The molecule has 2 N–H and O–H groups in total. The van der Waals surface area contributed by atoms with Crippen molar-refractivity contribution < 1.29 is 5.11 Å². The van der Waals surface area contributed by atoms with Gasteiger partial charge in [-0.3, -0.25) is 9.80 Å². The highest BCUT2D eigenvalue weighted by Crippen LogP contribution is 2.14. The Morgan fingerprint density at radius 1 is 1.05 bits per heavy atom. The smallest absolute Gasteiger partial charge is 0.0831 e. The van der Waals surface area contributed by atoms with Crippen molar-refractivity contribution in [3.63, 3.8) is 0 Å². The third-order valence-corrected chi connectivity index (χ3v) is 4.49. The lowest BCUT2D eigenvalue weighted by Crippen LogP contribution is -2.45. The van der Waals surface area contributed by atoms with E-state index in [1.54, 1.807) is 0 Å². The Labute approximate surface area is 121 Å². The molecular weight excluding hydrogens is 250 g/mol. The molecule has 3 rings (SSSR count). The van der Waals surface area contributed by atoms with Gasteiger partial charge >= 0.3 is 0 Å². The van der Waals surface area contributed by atoms with E-state index in [0.717, 1.165) is 45.8 Å². The molecule has 0 saturated carbocycles. The molecule has 4 heteroatoms. The van der Waals surface area contributed by atoms with Crippen molar-refractivity contribution in [2.75, 3.05) is 39.3 Å². The average Bonchev–Trinajstić information content (AvgIpc) is 2.76. The van der Waals surface area contributed by atoms with E-state index in [0.29, 0.717) is 6.04 Å². The summed E-state index contributed by atoms with van der Waals surface area (Å²) in [6, 6.07) is 11.0. The van der Waals surface area contributed by atoms with Crippen molar-refractivity contribution in [2.45, 2.75) is 25.1 Å². The number of aliphatic hydroxyl groups is 1. The van der Waals surface area contributed by atoms with Gasteiger partial charge < -0.3 is 10.4 Å². The third kappa shape index (κ3) is 3.38. The number of hydrogen-bond acceptors (Lipinski definition) is 4. The number of nitrogens with one attached hydrogen (secondary N) is 1. The quantitative estimate of drug-likeness (QED) is 0.844. The lowest BCUT2D eigenvalue weighted by atomic mass is 10.2. The number of benzene rings is 1. The van der Waals surface area contributed by atoms with E-state index >= 15 is 0 Å². The van der Waals surface area contributed by atoms with Gasteiger partial charge in [-0.25, -0.2) is 0 Å². The van der Waals surface area contributed by atoms with Crippen LogP contribution < -0.4 is 5.32 Å². The van der Waals surface area contributed by atoms with E-state index in [1.165, 1.54) is 12.0 Å². The van der Waals surface area contributed by atoms with Gasteiger partial charge in [0.2, 0.25) is 0 Å². The molecule has 2 heterocycles. The Bertz CT molecular complexity index is 411. The topological polar surface area (TPSA) is 38.7 Å². The van der Waals surface area contributed by atoms with Gasteiger partial charge in [-0.15, -0.1) is 0 Å². The molecule has 0 radical (unpaired) electrons. The lowest BCUT2D eigenvalue weighted by Gasteiger charge is -2.29. The predicted octanol–water partition coefficient (Wildman–Crippen LogP) is 0.527. The van der Waals surface area contributed by atoms with E-state index in [9.17, 15) is 5.11 Å². The molecule has 0 spiro atoms. The molecule has 20 heavy (non-hydrogen) atoms. The molecular formula is C16H25N3O. The minimum Gasteiger partial charge on any atom is -0.390 e. The van der Waals surface area contributed by atoms with Crippen LogP contribution in [0.3, 0.4) is 0 Å². The second kappa shape index (κ2) is 6.68. The maximum atomic E-state index is 10.0.